The smallest absolute Gasteiger partial charge is 0.120 e. The molecule has 2 atom stereocenters. The fraction of sp³-hybridized carbons (Fsp3) is 0.538. The number of rotatable bonds is 5. The van der Waals surface area contributed by atoms with Crippen LogP contribution in [0.4, 0.5) is 0 Å². The maximum atomic E-state index is 9.85. The summed E-state index contributed by atoms with van der Waals surface area (Å²) >= 11 is 5.95. The molecule has 17 heavy (non-hydrogen) atoms. The fourth-order valence-corrected chi connectivity index (χ4v) is 2.00. The molecule has 0 aromatic heterocycles. The summed E-state index contributed by atoms with van der Waals surface area (Å²) in [5.74, 6) is 0.276. The number of aromatic hydroxyl groups is 1. The van der Waals surface area contributed by atoms with Crippen LogP contribution in [0, 0.1) is 0 Å². The van der Waals surface area contributed by atoms with Gasteiger partial charge in [0.1, 0.15) is 5.75 Å². The van der Waals surface area contributed by atoms with Gasteiger partial charge in [0.25, 0.3) is 0 Å². The fourth-order valence-electron chi connectivity index (χ4n) is 1.82. The molecular formula is C13H20ClNO2. The number of benzene rings is 1. The van der Waals surface area contributed by atoms with Crippen molar-refractivity contribution >= 4 is 11.6 Å². The Labute approximate surface area is 108 Å². The first-order chi connectivity index (χ1) is 7.97. The van der Waals surface area contributed by atoms with Crippen molar-refractivity contribution in [2.24, 2.45) is 0 Å². The van der Waals surface area contributed by atoms with Crippen molar-refractivity contribution in [2.75, 3.05) is 20.8 Å². The van der Waals surface area contributed by atoms with Crippen LogP contribution >= 0.6 is 11.6 Å². The zero-order valence-corrected chi connectivity index (χ0v) is 11.5. The third-order valence-electron chi connectivity index (χ3n) is 3.15. The molecule has 0 aliphatic carbocycles. The third kappa shape index (κ3) is 3.60. The molecule has 1 aromatic rings. The number of hydrogen-bond donors (Lipinski definition) is 1. The lowest BCUT2D eigenvalue weighted by Crippen LogP contribution is -2.34. The van der Waals surface area contributed by atoms with Gasteiger partial charge in [0.15, 0.2) is 0 Å². The molecule has 0 amide bonds. The summed E-state index contributed by atoms with van der Waals surface area (Å²) in [6.07, 6.45) is 0. The molecule has 4 heteroatoms. The average Bonchev–Trinajstić information content (AvgIpc) is 2.30. The van der Waals surface area contributed by atoms with E-state index in [4.69, 9.17) is 16.3 Å². The van der Waals surface area contributed by atoms with Crippen LogP contribution in [0.1, 0.15) is 25.5 Å². The first-order valence-electron chi connectivity index (χ1n) is 5.66. The van der Waals surface area contributed by atoms with Crippen LogP contribution in [-0.2, 0) is 4.74 Å². The molecule has 0 aliphatic heterocycles. The van der Waals surface area contributed by atoms with Crippen LogP contribution in [0.5, 0.6) is 5.75 Å². The van der Waals surface area contributed by atoms with Crippen molar-refractivity contribution in [3.8, 4) is 5.75 Å². The van der Waals surface area contributed by atoms with E-state index in [0.29, 0.717) is 11.6 Å². The topological polar surface area (TPSA) is 32.7 Å². The predicted octanol–water partition coefficient (Wildman–Crippen LogP) is 3.07. The van der Waals surface area contributed by atoms with Gasteiger partial charge < -0.3 is 9.84 Å². The minimum Gasteiger partial charge on any atom is -0.508 e. The van der Waals surface area contributed by atoms with Gasteiger partial charge in [-0.1, -0.05) is 11.6 Å². The Hall–Kier alpha value is -0.770. The Morgan fingerprint density at radius 3 is 2.65 bits per heavy atom. The Morgan fingerprint density at radius 2 is 2.06 bits per heavy atom. The highest BCUT2D eigenvalue weighted by atomic mass is 35.5. The SMILES string of the molecule is COCC(C)N(C)C(C)c1cc(Cl)ccc1O. The van der Waals surface area contributed by atoms with Crippen molar-refractivity contribution in [3.05, 3.63) is 28.8 Å². The molecule has 0 spiro atoms. The van der Waals surface area contributed by atoms with Gasteiger partial charge in [-0.25, -0.2) is 0 Å². The molecule has 0 saturated heterocycles. The number of nitrogens with zero attached hydrogens (tertiary/aromatic N) is 1. The van der Waals surface area contributed by atoms with Gasteiger partial charge in [-0.2, -0.15) is 0 Å². The van der Waals surface area contributed by atoms with Gasteiger partial charge in [-0.15, -0.1) is 0 Å². The second-order valence-electron chi connectivity index (χ2n) is 4.35. The second kappa shape index (κ2) is 6.24. The number of methoxy groups -OCH3 is 1. The van der Waals surface area contributed by atoms with Crippen molar-refractivity contribution in [1.82, 2.24) is 4.90 Å². The highest BCUT2D eigenvalue weighted by Gasteiger charge is 2.19. The van der Waals surface area contributed by atoms with Crippen LogP contribution in [0.15, 0.2) is 18.2 Å². The molecule has 0 aliphatic rings. The Bertz CT molecular complexity index is 370. The minimum atomic E-state index is 0.0823. The largest absolute Gasteiger partial charge is 0.508 e. The van der Waals surface area contributed by atoms with Crippen LogP contribution in [-0.4, -0.2) is 36.8 Å². The number of hydrogen-bond acceptors (Lipinski definition) is 3. The summed E-state index contributed by atoms with van der Waals surface area (Å²) in [6.45, 7) is 4.78. The standard InChI is InChI=1S/C13H20ClNO2/c1-9(8-17-4)15(3)10(2)12-7-11(14)5-6-13(12)16/h5-7,9-10,16H,8H2,1-4H3. The molecule has 1 rings (SSSR count). The maximum absolute atomic E-state index is 9.85. The lowest BCUT2D eigenvalue weighted by Gasteiger charge is -2.31. The number of halogens is 1. The quantitative estimate of drug-likeness (QED) is 0.880. The van der Waals surface area contributed by atoms with E-state index in [0.717, 1.165) is 5.56 Å². The van der Waals surface area contributed by atoms with E-state index >= 15 is 0 Å². The normalized spacial score (nSPS) is 14.9. The molecule has 0 fully saturated rings. The van der Waals surface area contributed by atoms with Gasteiger partial charge in [0.2, 0.25) is 0 Å². The van der Waals surface area contributed by atoms with E-state index < -0.39 is 0 Å². The first-order valence-corrected chi connectivity index (χ1v) is 6.04. The van der Waals surface area contributed by atoms with E-state index in [1.54, 1.807) is 25.3 Å². The molecule has 0 saturated carbocycles. The van der Waals surface area contributed by atoms with Crippen LogP contribution in [0.2, 0.25) is 5.02 Å². The summed E-state index contributed by atoms with van der Waals surface area (Å²) in [4.78, 5) is 2.15. The number of likely N-dealkylation sites (N-methyl/N-ethyl adjacent to an activating group) is 1. The van der Waals surface area contributed by atoms with Crippen molar-refractivity contribution in [1.29, 1.82) is 0 Å². The zero-order valence-electron chi connectivity index (χ0n) is 10.8. The van der Waals surface area contributed by atoms with Crippen molar-refractivity contribution < 1.29 is 9.84 Å². The molecule has 0 bridgehead atoms. The second-order valence-corrected chi connectivity index (χ2v) is 4.79. The van der Waals surface area contributed by atoms with E-state index in [1.165, 1.54) is 0 Å². The molecule has 0 heterocycles. The zero-order chi connectivity index (χ0) is 13.0. The lowest BCUT2D eigenvalue weighted by atomic mass is 10.0. The van der Waals surface area contributed by atoms with Crippen LogP contribution < -0.4 is 0 Å². The molecule has 1 aromatic carbocycles. The highest BCUT2D eigenvalue weighted by Crippen LogP contribution is 2.30. The van der Waals surface area contributed by atoms with Crippen LogP contribution in [0.25, 0.3) is 0 Å². The molecule has 96 valence electrons. The third-order valence-corrected chi connectivity index (χ3v) is 3.39. The predicted molar refractivity (Wildman–Crippen MR) is 70.6 cm³/mol. The van der Waals surface area contributed by atoms with Crippen molar-refractivity contribution in [2.45, 2.75) is 25.9 Å². The Balaban J connectivity index is 2.87. The van der Waals surface area contributed by atoms with Gasteiger partial charge in [0, 0.05) is 29.8 Å². The molecule has 3 nitrogen and oxygen atoms in total. The number of phenols is 1. The highest BCUT2D eigenvalue weighted by molar-refractivity contribution is 6.30. The van der Waals surface area contributed by atoms with Gasteiger partial charge >= 0.3 is 0 Å². The molecular weight excluding hydrogens is 238 g/mol. The minimum absolute atomic E-state index is 0.0823. The molecule has 1 N–H and O–H groups in total. The van der Waals surface area contributed by atoms with Crippen molar-refractivity contribution in [3.63, 3.8) is 0 Å². The Kier molecular flexibility index (Phi) is 5.25. The van der Waals surface area contributed by atoms with Gasteiger partial charge in [-0.05, 0) is 39.1 Å². The average molecular weight is 258 g/mol. The molecule has 0 radical (unpaired) electrons. The van der Waals surface area contributed by atoms with E-state index in [-0.39, 0.29) is 17.8 Å². The molecule has 2 unspecified atom stereocenters. The monoisotopic (exact) mass is 257 g/mol. The number of ether oxygens (including phenoxy) is 1. The van der Waals surface area contributed by atoms with E-state index in [2.05, 4.69) is 11.8 Å². The first kappa shape index (κ1) is 14.3. The summed E-state index contributed by atoms with van der Waals surface area (Å²) < 4.78 is 5.13. The lowest BCUT2D eigenvalue weighted by molar-refractivity contribution is 0.0932. The Morgan fingerprint density at radius 1 is 1.41 bits per heavy atom. The van der Waals surface area contributed by atoms with E-state index in [1.807, 2.05) is 14.0 Å². The van der Waals surface area contributed by atoms with E-state index in [9.17, 15) is 5.11 Å². The summed E-state index contributed by atoms with van der Waals surface area (Å²) in [5, 5.41) is 10.5. The maximum Gasteiger partial charge on any atom is 0.120 e. The van der Waals surface area contributed by atoms with Crippen LogP contribution in [0.3, 0.4) is 0 Å². The summed E-state index contributed by atoms with van der Waals surface area (Å²) in [5.41, 5.74) is 0.836. The summed E-state index contributed by atoms with van der Waals surface area (Å²) in [6, 6.07) is 5.47. The number of phenolic OH excluding ortho intramolecular Hbond substituents is 1. The van der Waals surface area contributed by atoms with Gasteiger partial charge in [0.05, 0.1) is 6.61 Å². The summed E-state index contributed by atoms with van der Waals surface area (Å²) in [7, 11) is 3.70. The van der Waals surface area contributed by atoms with Gasteiger partial charge in [-0.3, -0.25) is 4.90 Å².